The van der Waals surface area contributed by atoms with Crippen LogP contribution in [0.4, 0.5) is 4.79 Å². The fourth-order valence-electron chi connectivity index (χ4n) is 6.25. The first-order valence-corrected chi connectivity index (χ1v) is 18.6. The van der Waals surface area contributed by atoms with Gasteiger partial charge in [-0.15, -0.1) is 0 Å². The number of amides is 4. The molecule has 0 fully saturated rings. The maximum atomic E-state index is 14.2. The van der Waals surface area contributed by atoms with Crippen LogP contribution >= 0.6 is 0 Å². The lowest BCUT2D eigenvalue weighted by atomic mass is 9.95. The number of fused-ring (bicyclic) bond motifs is 1. The second kappa shape index (κ2) is 20.8. The Morgan fingerprint density at radius 3 is 2.19 bits per heavy atom. The second-order valence-corrected chi connectivity index (χ2v) is 14.2. The number of H-pyrrole nitrogens is 1. The number of nitrogens with one attached hydrogen (secondary N) is 5. The second-order valence-electron chi connectivity index (χ2n) is 14.2. The van der Waals surface area contributed by atoms with Gasteiger partial charge < -0.3 is 41.2 Å². The third-order valence-corrected chi connectivity index (χ3v) is 9.51. The molecule has 0 bridgehead atoms. The van der Waals surface area contributed by atoms with Crippen LogP contribution in [0.1, 0.15) is 63.8 Å². The van der Waals surface area contributed by atoms with Crippen LogP contribution in [-0.4, -0.2) is 80.9 Å². The molecule has 4 amide bonds. The van der Waals surface area contributed by atoms with Crippen molar-refractivity contribution in [2.45, 2.75) is 96.7 Å². The summed E-state index contributed by atoms with van der Waals surface area (Å²) < 4.78 is 5.47. The number of aromatic amines is 1. The molecule has 4 aromatic rings. The van der Waals surface area contributed by atoms with Crippen LogP contribution in [-0.2, 0) is 38.6 Å². The number of carbonyl (C=O) groups is 4. The van der Waals surface area contributed by atoms with Gasteiger partial charge in [0.2, 0.25) is 17.7 Å². The number of carbonyl (C=O) groups excluding carboxylic acids is 4. The summed E-state index contributed by atoms with van der Waals surface area (Å²) in [7, 11) is 0. The molecule has 3 unspecified atom stereocenters. The van der Waals surface area contributed by atoms with Crippen molar-refractivity contribution in [1.82, 2.24) is 31.2 Å². The zero-order valence-corrected chi connectivity index (χ0v) is 31.5. The number of aliphatic hydroxyl groups excluding tert-OH is 2. The van der Waals surface area contributed by atoms with E-state index in [9.17, 15) is 29.4 Å². The molecule has 0 aliphatic heterocycles. The van der Waals surface area contributed by atoms with E-state index >= 15 is 0 Å². The Kier molecular flexibility index (Phi) is 16.0. The number of ether oxygens (including phenoxy) is 1. The van der Waals surface area contributed by atoms with E-state index in [1.54, 1.807) is 6.20 Å². The Hall–Kier alpha value is -5.27. The normalized spacial score (nSPS) is 14.6. The minimum absolute atomic E-state index is 0.00141. The van der Waals surface area contributed by atoms with Gasteiger partial charge in [0.1, 0.15) is 18.7 Å². The summed E-state index contributed by atoms with van der Waals surface area (Å²) in [5, 5.41) is 34.1. The molecule has 0 aliphatic rings. The van der Waals surface area contributed by atoms with Crippen LogP contribution in [0.25, 0.3) is 10.8 Å². The quantitative estimate of drug-likeness (QED) is 0.0708. The number of alkyl carbamates (subject to hydrolysis) is 1. The monoisotopic (exact) mass is 742 g/mol. The number of aliphatic hydroxyl groups is 2. The molecule has 1 heterocycles. The van der Waals surface area contributed by atoms with Crippen LogP contribution < -0.4 is 21.3 Å². The molecule has 13 heteroatoms. The van der Waals surface area contributed by atoms with Gasteiger partial charge >= 0.3 is 6.09 Å². The molecule has 0 spiro atoms. The highest BCUT2D eigenvalue weighted by atomic mass is 16.5. The van der Waals surface area contributed by atoms with E-state index in [0.29, 0.717) is 12.1 Å². The van der Waals surface area contributed by atoms with Gasteiger partial charge in [-0.2, -0.15) is 0 Å². The maximum Gasteiger partial charge on any atom is 0.408 e. The molecule has 3 aromatic carbocycles. The highest BCUT2D eigenvalue weighted by Crippen LogP contribution is 2.20. The maximum absolute atomic E-state index is 14.2. The number of imidazole rings is 1. The summed E-state index contributed by atoms with van der Waals surface area (Å²) >= 11 is 0. The number of hydrogen-bond donors (Lipinski definition) is 7. The molecule has 0 saturated heterocycles. The third-order valence-electron chi connectivity index (χ3n) is 9.51. The Morgan fingerprint density at radius 2 is 1.50 bits per heavy atom. The molecule has 0 saturated carbocycles. The fourth-order valence-corrected chi connectivity index (χ4v) is 6.25. The van der Waals surface area contributed by atoms with Crippen molar-refractivity contribution < 1.29 is 34.1 Å². The van der Waals surface area contributed by atoms with E-state index in [-0.39, 0.29) is 44.3 Å². The summed E-state index contributed by atoms with van der Waals surface area (Å²) in [6.07, 6.45) is 1.90. The Bertz CT molecular complexity index is 1780. The zero-order valence-electron chi connectivity index (χ0n) is 31.5. The predicted molar refractivity (Wildman–Crippen MR) is 206 cm³/mol. The Balaban J connectivity index is 1.55. The van der Waals surface area contributed by atoms with Gasteiger partial charge in [0.15, 0.2) is 0 Å². The molecule has 6 atom stereocenters. The average Bonchev–Trinajstić information content (AvgIpc) is 3.68. The molecule has 290 valence electrons. The smallest absolute Gasteiger partial charge is 0.408 e. The molecule has 54 heavy (non-hydrogen) atoms. The summed E-state index contributed by atoms with van der Waals surface area (Å²) in [5.74, 6) is -1.62. The molecule has 13 nitrogen and oxygen atoms in total. The van der Waals surface area contributed by atoms with Crippen molar-refractivity contribution in [2.75, 3.05) is 6.61 Å². The lowest BCUT2D eigenvalue weighted by Crippen LogP contribution is -2.57. The lowest BCUT2D eigenvalue weighted by Gasteiger charge is -2.29. The number of nitrogens with zero attached hydrogens (tertiary/aromatic N) is 1. The van der Waals surface area contributed by atoms with E-state index in [1.165, 1.54) is 6.33 Å². The topological polar surface area (TPSA) is 195 Å². The zero-order chi connectivity index (χ0) is 39.0. The number of aromatic nitrogens is 2. The third kappa shape index (κ3) is 12.7. The first-order valence-electron chi connectivity index (χ1n) is 18.6. The van der Waals surface area contributed by atoms with Gasteiger partial charge in [-0.1, -0.05) is 107 Å². The van der Waals surface area contributed by atoms with Crippen LogP contribution in [0.3, 0.4) is 0 Å². The summed E-state index contributed by atoms with van der Waals surface area (Å²) in [5.41, 5.74) is 2.08. The van der Waals surface area contributed by atoms with E-state index in [0.717, 1.165) is 28.3 Å². The lowest BCUT2D eigenvalue weighted by molar-refractivity contribution is -0.131. The SMILES string of the molecule is CCC(C)[C@@H](CO)NC(=O)CC(O)C(CC(C)C)NC(=O)[C@H](Cc1c[nH]cn1)NC(=O)[C@H](Cc1cccc2ccccc12)NC(=O)OCc1ccccc1. The van der Waals surface area contributed by atoms with E-state index in [2.05, 4.69) is 31.2 Å². The largest absolute Gasteiger partial charge is 0.445 e. The van der Waals surface area contributed by atoms with E-state index < -0.39 is 54.1 Å². The summed E-state index contributed by atoms with van der Waals surface area (Å²) in [6, 6.07) is 19.0. The molecular formula is C41H54N6O7. The molecular weight excluding hydrogens is 688 g/mol. The number of hydrogen-bond acceptors (Lipinski definition) is 8. The number of benzene rings is 3. The summed E-state index contributed by atoms with van der Waals surface area (Å²) in [6.45, 7) is 7.50. The summed E-state index contributed by atoms with van der Waals surface area (Å²) in [4.78, 5) is 61.4. The molecule has 1 aromatic heterocycles. The van der Waals surface area contributed by atoms with E-state index in [1.807, 2.05) is 100 Å². The van der Waals surface area contributed by atoms with Crippen molar-refractivity contribution >= 4 is 34.6 Å². The Labute approximate surface area is 316 Å². The minimum atomic E-state index is -1.26. The van der Waals surface area contributed by atoms with Gasteiger partial charge in [0.25, 0.3) is 0 Å². The van der Waals surface area contributed by atoms with Crippen molar-refractivity contribution in [1.29, 1.82) is 0 Å². The molecule has 0 radical (unpaired) electrons. The van der Waals surface area contributed by atoms with Gasteiger partial charge in [-0.25, -0.2) is 9.78 Å². The van der Waals surface area contributed by atoms with Gasteiger partial charge in [0.05, 0.1) is 43.2 Å². The van der Waals surface area contributed by atoms with Gasteiger partial charge in [-0.05, 0) is 40.2 Å². The van der Waals surface area contributed by atoms with Crippen molar-refractivity contribution in [3.8, 4) is 0 Å². The van der Waals surface area contributed by atoms with Crippen molar-refractivity contribution in [2.24, 2.45) is 11.8 Å². The fraction of sp³-hybridized carbons (Fsp3) is 0.439. The molecule has 0 aliphatic carbocycles. The van der Waals surface area contributed by atoms with Crippen LogP contribution in [0.5, 0.6) is 0 Å². The van der Waals surface area contributed by atoms with Crippen molar-refractivity contribution in [3.63, 3.8) is 0 Å². The first kappa shape index (κ1) is 41.5. The van der Waals surface area contributed by atoms with Gasteiger partial charge in [0, 0.05) is 19.0 Å². The molecule has 7 N–H and O–H groups in total. The minimum Gasteiger partial charge on any atom is -0.445 e. The highest BCUT2D eigenvalue weighted by molar-refractivity contribution is 5.93. The Morgan fingerprint density at radius 1 is 0.815 bits per heavy atom. The van der Waals surface area contributed by atoms with Crippen LogP contribution in [0.15, 0.2) is 85.3 Å². The standard InChI is InChI=1S/C41H54N6O7/c1-5-27(4)36(23-48)44-38(50)21-37(49)33(18-26(2)3)45-40(52)35(20-31-22-42-25-43-31)46-39(51)34(47-41(53)54-24-28-12-7-6-8-13-28)19-30-16-11-15-29-14-9-10-17-32(29)30/h6-17,22,25-27,33-37,48-49H,5,18-21,23-24H2,1-4H3,(H,42,43)(H,44,50)(H,45,52)(H,46,51)(H,47,53)/t27?,33?,34-,35-,36+,37?/m0/s1. The van der Waals surface area contributed by atoms with Crippen LogP contribution in [0, 0.1) is 11.8 Å². The highest BCUT2D eigenvalue weighted by Gasteiger charge is 2.32. The number of rotatable bonds is 20. The molecule has 4 rings (SSSR count). The van der Waals surface area contributed by atoms with Crippen LogP contribution in [0.2, 0.25) is 0 Å². The van der Waals surface area contributed by atoms with Gasteiger partial charge in [-0.3, -0.25) is 14.4 Å². The predicted octanol–water partition coefficient (Wildman–Crippen LogP) is 3.93. The van der Waals surface area contributed by atoms with E-state index in [4.69, 9.17) is 4.74 Å². The average molecular weight is 743 g/mol. The first-order chi connectivity index (χ1) is 26.0. The van der Waals surface area contributed by atoms with Crippen molar-refractivity contribution in [3.05, 3.63) is 102 Å².